The zero-order chi connectivity index (χ0) is 12.8. The molecule has 4 unspecified atom stereocenters. The maximum absolute atomic E-state index is 3.72. The van der Waals surface area contributed by atoms with Crippen molar-refractivity contribution in [3.8, 4) is 0 Å². The molecule has 1 nitrogen and oxygen atoms in total. The summed E-state index contributed by atoms with van der Waals surface area (Å²) in [5, 5.41) is 3.72. The van der Waals surface area contributed by atoms with Crippen LogP contribution in [0.2, 0.25) is 0 Å². The van der Waals surface area contributed by atoms with Crippen molar-refractivity contribution in [3.63, 3.8) is 0 Å². The van der Waals surface area contributed by atoms with Gasteiger partial charge in [0.1, 0.15) is 0 Å². The van der Waals surface area contributed by atoms with Gasteiger partial charge in [0.05, 0.1) is 0 Å². The average Bonchev–Trinajstić information content (AvgIpc) is 2.31. The lowest BCUT2D eigenvalue weighted by Crippen LogP contribution is -2.42. The largest absolute Gasteiger partial charge is 0.314 e. The molecule has 102 valence electrons. The van der Waals surface area contributed by atoms with Crippen molar-refractivity contribution >= 4 is 0 Å². The molecule has 17 heavy (non-hydrogen) atoms. The van der Waals surface area contributed by atoms with Crippen LogP contribution in [0.4, 0.5) is 0 Å². The lowest BCUT2D eigenvalue weighted by Gasteiger charge is -2.39. The molecule has 0 amide bonds. The third-order valence-corrected chi connectivity index (χ3v) is 4.83. The molecule has 1 saturated carbocycles. The van der Waals surface area contributed by atoms with E-state index in [1.165, 1.54) is 32.1 Å². The van der Waals surface area contributed by atoms with Crippen LogP contribution >= 0.6 is 0 Å². The minimum atomic E-state index is 0.795. The first-order valence-corrected chi connectivity index (χ1v) is 7.81. The van der Waals surface area contributed by atoms with Crippen LogP contribution in [0.25, 0.3) is 0 Å². The van der Waals surface area contributed by atoms with Gasteiger partial charge in [-0.15, -0.1) is 0 Å². The number of nitrogens with one attached hydrogen (secondary N) is 1. The quantitative estimate of drug-likeness (QED) is 0.721. The summed E-state index contributed by atoms with van der Waals surface area (Å²) in [6.45, 7) is 12.9. The maximum atomic E-state index is 3.72. The van der Waals surface area contributed by atoms with Crippen LogP contribution in [0.3, 0.4) is 0 Å². The molecule has 1 rings (SSSR count). The van der Waals surface area contributed by atoms with Crippen molar-refractivity contribution in [1.82, 2.24) is 5.32 Å². The fraction of sp³-hybridized carbons (Fsp3) is 1.00. The molecule has 0 saturated heterocycles. The summed E-state index contributed by atoms with van der Waals surface area (Å²) in [5.74, 6) is 3.66. The molecule has 0 radical (unpaired) electrons. The summed E-state index contributed by atoms with van der Waals surface area (Å²) in [6, 6.07) is 0.795. The van der Waals surface area contributed by atoms with Crippen molar-refractivity contribution in [2.45, 2.75) is 72.8 Å². The highest BCUT2D eigenvalue weighted by Crippen LogP contribution is 2.37. The van der Waals surface area contributed by atoms with Crippen molar-refractivity contribution in [1.29, 1.82) is 0 Å². The number of hydrogen-bond donors (Lipinski definition) is 1. The smallest absolute Gasteiger partial charge is 0.00955 e. The molecule has 1 N–H and O–H groups in total. The Balaban J connectivity index is 2.55. The lowest BCUT2D eigenvalue weighted by molar-refractivity contribution is 0.148. The molecule has 0 spiro atoms. The summed E-state index contributed by atoms with van der Waals surface area (Å²) in [5.41, 5.74) is 0. The number of hydrogen-bond acceptors (Lipinski definition) is 1. The van der Waals surface area contributed by atoms with Crippen molar-refractivity contribution in [2.24, 2.45) is 23.7 Å². The average molecular weight is 239 g/mol. The summed E-state index contributed by atoms with van der Waals surface area (Å²) >= 11 is 0. The van der Waals surface area contributed by atoms with Crippen LogP contribution in [0.15, 0.2) is 0 Å². The van der Waals surface area contributed by atoms with E-state index in [0.29, 0.717) is 0 Å². The Kier molecular flexibility index (Phi) is 6.54. The van der Waals surface area contributed by atoms with Gasteiger partial charge in [0.2, 0.25) is 0 Å². The van der Waals surface area contributed by atoms with Gasteiger partial charge in [-0.3, -0.25) is 0 Å². The highest BCUT2D eigenvalue weighted by molar-refractivity contribution is 4.86. The third kappa shape index (κ3) is 4.62. The minimum absolute atomic E-state index is 0.795. The third-order valence-electron chi connectivity index (χ3n) is 4.83. The summed E-state index contributed by atoms with van der Waals surface area (Å²) in [6.07, 6.45) is 7.06. The van der Waals surface area contributed by atoms with Crippen molar-refractivity contribution in [3.05, 3.63) is 0 Å². The predicted molar refractivity (Wildman–Crippen MR) is 77.2 cm³/mol. The molecular formula is C16H33N. The minimum Gasteiger partial charge on any atom is -0.314 e. The molecular weight excluding hydrogens is 206 g/mol. The fourth-order valence-corrected chi connectivity index (χ4v) is 3.38. The van der Waals surface area contributed by atoms with E-state index in [4.69, 9.17) is 0 Å². The van der Waals surface area contributed by atoms with Gasteiger partial charge in [-0.25, -0.2) is 0 Å². The Morgan fingerprint density at radius 2 is 1.82 bits per heavy atom. The van der Waals surface area contributed by atoms with E-state index in [-0.39, 0.29) is 0 Å². The molecule has 1 aliphatic carbocycles. The second kappa shape index (κ2) is 7.41. The first-order chi connectivity index (χ1) is 8.08. The van der Waals surface area contributed by atoms with Gasteiger partial charge in [0.25, 0.3) is 0 Å². The zero-order valence-corrected chi connectivity index (χ0v) is 12.6. The molecule has 0 aromatic carbocycles. The Hall–Kier alpha value is -0.0400. The molecule has 1 fully saturated rings. The predicted octanol–water partition coefficient (Wildman–Crippen LogP) is 4.47. The normalized spacial score (nSPS) is 31.8. The first kappa shape index (κ1) is 15.0. The SMILES string of the molecule is CCNC1CCC(C(C)C)CC1CC(C)CC. The molecule has 0 aromatic rings. The van der Waals surface area contributed by atoms with Gasteiger partial charge in [-0.1, -0.05) is 41.0 Å². The maximum Gasteiger partial charge on any atom is 0.00955 e. The molecule has 0 bridgehead atoms. The van der Waals surface area contributed by atoms with Gasteiger partial charge in [0.15, 0.2) is 0 Å². The summed E-state index contributed by atoms with van der Waals surface area (Å²) < 4.78 is 0. The van der Waals surface area contributed by atoms with Crippen LogP contribution in [0, 0.1) is 23.7 Å². The molecule has 1 aliphatic rings. The lowest BCUT2D eigenvalue weighted by atomic mass is 9.71. The molecule has 0 heterocycles. The highest BCUT2D eigenvalue weighted by atomic mass is 14.9. The van der Waals surface area contributed by atoms with E-state index in [9.17, 15) is 0 Å². The van der Waals surface area contributed by atoms with Crippen LogP contribution in [-0.2, 0) is 0 Å². The Labute approximate surface area is 109 Å². The van der Waals surface area contributed by atoms with Gasteiger partial charge in [-0.2, -0.15) is 0 Å². The van der Waals surface area contributed by atoms with E-state index >= 15 is 0 Å². The second-order valence-electron chi connectivity index (χ2n) is 6.49. The topological polar surface area (TPSA) is 12.0 Å². The van der Waals surface area contributed by atoms with E-state index < -0.39 is 0 Å². The van der Waals surface area contributed by atoms with E-state index in [2.05, 4.69) is 39.9 Å². The van der Waals surface area contributed by atoms with Crippen LogP contribution < -0.4 is 5.32 Å². The second-order valence-corrected chi connectivity index (χ2v) is 6.49. The van der Waals surface area contributed by atoms with E-state index in [1.807, 2.05) is 0 Å². The summed E-state index contributed by atoms with van der Waals surface area (Å²) in [4.78, 5) is 0. The zero-order valence-electron chi connectivity index (χ0n) is 12.6. The van der Waals surface area contributed by atoms with Crippen LogP contribution in [-0.4, -0.2) is 12.6 Å². The Morgan fingerprint density at radius 1 is 1.12 bits per heavy atom. The monoisotopic (exact) mass is 239 g/mol. The number of rotatable bonds is 6. The van der Waals surface area contributed by atoms with E-state index in [1.54, 1.807) is 0 Å². The Bertz CT molecular complexity index is 200. The molecule has 1 heteroatoms. The highest BCUT2D eigenvalue weighted by Gasteiger charge is 2.31. The summed E-state index contributed by atoms with van der Waals surface area (Å²) in [7, 11) is 0. The molecule has 0 aliphatic heterocycles. The molecule has 4 atom stereocenters. The van der Waals surface area contributed by atoms with Crippen LogP contribution in [0.1, 0.15) is 66.7 Å². The Morgan fingerprint density at radius 3 is 2.35 bits per heavy atom. The van der Waals surface area contributed by atoms with Gasteiger partial charge >= 0.3 is 0 Å². The first-order valence-electron chi connectivity index (χ1n) is 7.81. The van der Waals surface area contributed by atoms with Gasteiger partial charge in [-0.05, 0) is 55.9 Å². The van der Waals surface area contributed by atoms with Crippen molar-refractivity contribution in [2.75, 3.05) is 6.54 Å². The van der Waals surface area contributed by atoms with Gasteiger partial charge in [0, 0.05) is 6.04 Å². The fourth-order valence-electron chi connectivity index (χ4n) is 3.38. The van der Waals surface area contributed by atoms with Crippen molar-refractivity contribution < 1.29 is 0 Å². The standard InChI is InChI=1S/C16H33N/c1-6-13(5)10-15-11-14(12(3)4)8-9-16(15)17-7-2/h12-17H,6-11H2,1-5H3. The van der Waals surface area contributed by atoms with E-state index in [0.717, 1.165) is 36.3 Å². The van der Waals surface area contributed by atoms with Crippen LogP contribution in [0.5, 0.6) is 0 Å². The van der Waals surface area contributed by atoms with Gasteiger partial charge < -0.3 is 5.32 Å². The molecule has 0 aromatic heterocycles.